The Morgan fingerprint density at radius 3 is 3.00 bits per heavy atom. The van der Waals surface area contributed by atoms with Crippen LogP contribution in [-0.2, 0) is 4.79 Å². The number of amides is 1. The van der Waals surface area contributed by atoms with E-state index in [4.69, 9.17) is 23.2 Å². The molecule has 1 N–H and O–H groups in total. The second kappa shape index (κ2) is 6.51. The van der Waals surface area contributed by atoms with E-state index in [1.54, 1.807) is 41.2 Å². The molecule has 0 atom stereocenters. The van der Waals surface area contributed by atoms with Gasteiger partial charge in [-0.25, -0.2) is 9.50 Å². The van der Waals surface area contributed by atoms with Gasteiger partial charge in [0.2, 0.25) is 11.1 Å². The monoisotopic (exact) mass is 353 g/mol. The lowest BCUT2D eigenvalue weighted by molar-refractivity contribution is -0.113. The lowest BCUT2D eigenvalue weighted by atomic mass is 10.3. The second-order valence-corrected chi connectivity index (χ2v) is 6.01. The molecule has 1 amide bonds. The molecule has 0 aliphatic carbocycles. The fraction of sp³-hybridized carbons (Fsp3) is 0.0769. The number of anilines is 1. The maximum Gasteiger partial charge on any atom is 0.253 e. The highest BCUT2D eigenvalue weighted by Gasteiger charge is 2.10. The Morgan fingerprint density at radius 2 is 2.23 bits per heavy atom. The van der Waals surface area contributed by atoms with Crippen LogP contribution in [0, 0.1) is 0 Å². The first kappa shape index (κ1) is 15.1. The summed E-state index contributed by atoms with van der Waals surface area (Å²) in [6.45, 7) is 0. The van der Waals surface area contributed by atoms with Gasteiger partial charge in [-0.2, -0.15) is 4.98 Å². The minimum absolute atomic E-state index is 0.163. The molecule has 0 fully saturated rings. The van der Waals surface area contributed by atoms with E-state index in [9.17, 15) is 4.79 Å². The van der Waals surface area contributed by atoms with Crippen molar-refractivity contribution < 1.29 is 4.79 Å². The normalized spacial score (nSPS) is 10.8. The van der Waals surface area contributed by atoms with Crippen molar-refractivity contribution >= 4 is 52.3 Å². The maximum absolute atomic E-state index is 11.9. The van der Waals surface area contributed by atoms with Crippen molar-refractivity contribution in [1.82, 2.24) is 19.6 Å². The van der Waals surface area contributed by atoms with Crippen LogP contribution in [0.25, 0.3) is 5.78 Å². The number of benzene rings is 1. The zero-order chi connectivity index (χ0) is 15.5. The molecule has 112 valence electrons. The van der Waals surface area contributed by atoms with Gasteiger partial charge in [-0.3, -0.25) is 4.79 Å². The van der Waals surface area contributed by atoms with Gasteiger partial charge in [-0.1, -0.05) is 35.0 Å². The Morgan fingerprint density at radius 1 is 1.36 bits per heavy atom. The van der Waals surface area contributed by atoms with Crippen LogP contribution in [0.15, 0.2) is 41.8 Å². The van der Waals surface area contributed by atoms with E-state index in [0.29, 0.717) is 26.7 Å². The van der Waals surface area contributed by atoms with E-state index in [1.807, 2.05) is 0 Å². The highest BCUT2D eigenvalue weighted by atomic mass is 35.5. The van der Waals surface area contributed by atoms with Gasteiger partial charge in [-0.15, -0.1) is 5.10 Å². The quantitative estimate of drug-likeness (QED) is 0.729. The molecule has 0 aliphatic heterocycles. The molecule has 3 aromatic rings. The summed E-state index contributed by atoms with van der Waals surface area (Å²) >= 11 is 13.0. The topological polar surface area (TPSA) is 72.2 Å². The highest BCUT2D eigenvalue weighted by molar-refractivity contribution is 7.99. The summed E-state index contributed by atoms with van der Waals surface area (Å²) in [6, 6.07) is 6.64. The van der Waals surface area contributed by atoms with Crippen molar-refractivity contribution in [3.63, 3.8) is 0 Å². The maximum atomic E-state index is 11.9. The highest BCUT2D eigenvalue weighted by Crippen LogP contribution is 2.25. The Kier molecular flexibility index (Phi) is 4.47. The molecule has 0 radical (unpaired) electrons. The number of carbonyl (C=O) groups is 1. The number of hydrogen-bond acceptors (Lipinski definition) is 5. The first-order valence-corrected chi connectivity index (χ1v) is 7.91. The summed E-state index contributed by atoms with van der Waals surface area (Å²) < 4.78 is 1.55. The summed E-state index contributed by atoms with van der Waals surface area (Å²) in [5.41, 5.74) is 0.515. The van der Waals surface area contributed by atoms with E-state index >= 15 is 0 Å². The van der Waals surface area contributed by atoms with E-state index in [2.05, 4.69) is 20.4 Å². The molecule has 22 heavy (non-hydrogen) atoms. The third kappa shape index (κ3) is 3.49. The van der Waals surface area contributed by atoms with Crippen LogP contribution in [-0.4, -0.2) is 31.2 Å². The van der Waals surface area contributed by atoms with Gasteiger partial charge in [0.25, 0.3) is 5.78 Å². The van der Waals surface area contributed by atoms with Crippen LogP contribution in [0.1, 0.15) is 0 Å². The minimum Gasteiger partial charge on any atom is -0.324 e. The van der Waals surface area contributed by atoms with Gasteiger partial charge in [0.1, 0.15) is 0 Å². The fourth-order valence-electron chi connectivity index (χ4n) is 1.68. The molecule has 0 saturated heterocycles. The standard InChI is InChI=1S/C13H9Cl2N5OS/c14-8-2-3-10(9(15)6-8)17-11(21)7-22-13-18-12-16-4-1-5-20(12)19-13/h1-6H,7H2,(H,17,21). The van der Waals surface area contributed by atoms with Gasteiger partial charge >= 0.3 is 0 Å². The van der Waals surface area contributed by atoms with Crippen molar-refractivity contribution in [2.45, 2.75) is 5.16 Å². The van der Waals surface area contributed by atoms with Crippen molar-refractivity contribution in [3.8, 4) is 0 Å². The average molecular weight is 354 g/mol. The number of thioether (sulfide) groups is 1. The Hall–Kier alpha value is -1.83. The number of rotatable bonds is 4. The molecule has 9 heteroatoms. The predicted octanol–water partition coefficient (Wildman–Crippen LogP) is 3.16. The Bertz CT molecular complexity index is 805. The number of aromatic nitrogens is 4. The zero-order valence-electron chi connectivity index (χ0n) is 11.0. The molecule has 0 bridgehead atoms. The average Bonchev–Trinajstić information content (AvgIpc) is 2.91. The van der Waals surface area contributed by atoms with Gasteiger partial charge in [0, 0.05) is 17.4 Å². The number of carbonyl (C=O) groups excluding carboxylic acids is 1. The molecule has 1 aromatic carbocycles. The van der Waals surface area contributed by atoms with E-state index in [0.717, 1.165) is 0 Å². The Balaban J connectivity index is 1.62. The van der Waals surface area contributed by atoms with Crippen molar-refractivity contribution in [3.05, 3.63) is 46.7 Å². The molecule has 6 nitrogen and oxygen atoms in total. The van der Waals surface area contributed by atoms with E-state index < -0.39 is 0 Å². The zero-order valence-corrected chi connectivity index (χ0v) is 13.4. The molecule has 0 unspecified atom stereocenters. The van der Waals surface area contributed by atoms with Gasteiger partial charge in [-0.05, 0) is 24.3 Å². The lowest BCUT2D eigenvalue weighted by Gasteiger charge is -2.06. The third-order valence-electron chi connectivity index (χ3n) is 2.63. The van der Waals surface area contributed by atoms with Crippen LogP contribution < -0.4 is 5.32 Å². The minimum atomic E-state index is -0.207. The van der Waals surface area contributed by atoms with Crippen LogP contribution in [0.5, 0.6) is 0 Å². The smallest absolute Gasteiger partial charge is 0.253 e. The summed E-state index contributed by atoms with van der Waals surface area (Å²) in [4.78, 5) is 20.2. The van der Waals surface area contributed by atoms with Crippen LogP contribution in [0.3, 0.4) is 0 Å². The molecule has 0 saturated carbocycles. The number of nitrogens with zero attached hydrogens (tertiary/aromatic N) is 4. The van der Waals surface area contributed by atoms with Crippen molar-refractivity contribution in [1.29, 1.82) is 0 Å². The summed E-state index contributed by atoms with van der Waals surface area (Å²) in [6.07, 6.45) is 3.38. The van der Waals surface area contributed by atoms with Gasteiger partial charge in [0.05, 0.1) is 16.5 Å². The van der Waals surface area contributed by atoms with Crippen LogP contribution >= 0.6 is 35.0 Å². The second-order valence-electron chi connectivity index (χ2n) is 4.22. The van der Waals surface area contributed by atoms with E-state index in [-0.39, 0.29) is 11.7 Å². The summed E-state index contributed by atoms with van der Waals surface area (Å²) in [5.74, 6) is 0.447. The number of fused-ring (bicyclic) bond motifs is 1. The molecule has 2 heterocycles. The van der Waals surface area contributed by atoms with Crippen LogP contribution in [0.4, 0.5) is 5.69 Å². The van der Waals surface area contributed by atoms with Gasteiger partial charge < -0.3 is 5.32 Å². The lowest BCUT2D eigenvalue weighted by Crippen LogP contribution is -2.14. The molecule has 0 aliphatic rings. The molecular weight excluding hydrogens is 345 g/mol. The van der Waals surface area contributed by atoms with Crippen molar-refractivity contribution in [2.75, 3.05) is 11.1 Å². The SMILES string of the molecule is O=C(CSc1nc2ncccn2n1)Nc1ccc(Cl)cc1Cl. The summed E-state index contributed by atoms with van der Waals surface area (Å²) in [5, 5.41) is 8.30. The number of nitrogens with one attached hydrogen (secondary N) is 1. The molecular formula is C13H9Cl2N5OS. The van der Waals surface area contributed by atoms with E-state index in [1.165, 1.54) is 11.8 Å². The van der Waals surface area contributed by atoms with Crippen LogP contribution in [0.2, 0.25) is 10.0 Å². The van der Waals surface area contributed by atoms with Crippen molar-refractivity contribution in [2.24, 2.45) is 0 Å². The third-order valence-corrected chi connectivity index (χ3v) is 4.02. The van der Waals surface area contributed by atoms with Gasteiger partial charge in [0.15, 0.2) is 0 Å². The first-order chi connectivity index (χ1) is 10.6. The number of halogens is 2. The molecule has 0 spiro atoms. The fourth-order valence-corrected chi connectivity index (χ4v) is 2.76. The summed E-state index contributed by atoms with van der Waals surface area (Å²) in [7, 11) is 0. The first-order valence-electron chi connectivity index (χ1n) is 6.17. The molecule has 3 rings (SSSR count). The predicted molar refractivity (Wildman–Crippen MR) is 86.6 cm³/mol. The molecule has 2 aromatic heterocycles. The number of hydrogen-bond donors (Lipinski definition) is 1. The Labute approximate surface area is 139 Å². The largest absolute Gasteiger partial charge is 0.324 e.